The van der Waals surface area contributed by atoms with Crippen molar-refractivity contribution in [1.29, 1.82) is 0 Å². The molecular formula is C54H45Cl4F2N5O8S2. The summed E-state index contributed by atoms with van der Waals surface area (Å²) in [5, 5.41) is 43.6. The summed E-state index contributed by atoms with van der Waals surface area (Å²) >= 11 is 28.3. The smallest absolute Gasteiger partial charge is 0.338 e. The molecule has 13 nitrogen and oxygen atoms in total. The summed E-state index contributed by atoms with van der Waals surface area (Å²) in [4.78, 5) is 23.4. The van der Waals surface area contributed by atoms with Gasteiger partial charge >= 0.3 is 5.97 Å². The standard InChI is InChI=1S/C27H22Cl2FN3O3S.C27H23Cl2FN2O5S/c1-31-20-12-22-21(11-19(20)30)32-26(37-22)27(34)9-7-15(8-10-27)35-13-16-24(33-36-25(16)14-5-6-14)23-17(28)3-2-4-18(23)29;28-17-2-1-3-18(29)22(17)23-16(24(37-32-23)13-4-5-13)12-36-14-6-8-27(35,9-7-14)26-31-20-11-19(30)15(25(33)34)10-21(20)38-26/h2-4,11-12,14-15,34H,5-10,13H2;1-3,10-11,13-14,35H,4-9,12H2,(H,33,34). The molecule has 0 amide bonds. The van der Waals surface area contributed by atoms with Gasteiger partial charge in [-0.25, -0.2) is 28.4 Å². The van der Waals surface area contributed by atoms with Crippen molar-refractivity contribution in [1.82, 2.24) is 20.3 Å². The van der Waals surface area contributed by atoms with Crippen LogP contribution in [0.2, 0.25) is 20.1 Å². The van der Waals surface area contributed by atoms with E-state index in [4.69, 9.17) is 71.5 Å². The van der Waals surface area contributed by atoms with Gasteiger partial charge in [0, 0.05) is 44.9 Å². The van der Waals surface area contributed by atoms with E-state index in [2.05, 4.69) is 25.1 Å². The quantitative estimate of drug-likeness (QED) is 0.0932. The average molecular weight is 1140 g/mol. The molecule has 388 valence electrons. The minimum absolute atomic E-state index is 0.0384. The number of fused-ring (bicyclic) bond motifs is 2. The van der Waals surface area contributed by atoms with Gasteiger partial charge in [0.2, 0.25) is 5.69 Å². The van der Waals surface area contributed by atoms with Crippen molar-refractivity contribution >= 4 is 101 Å². The van der Waals surface area contributed by atoms with E-state index in [1.54, 1.807) is 36.4 Å². The zero-order valence-corrected chi connectivity index (χ0v) is 44.3. The van der Waals surface area contributed by atoms with Crippen molar-refractivity contribution in [2.24, 2.45) is 0 Å². The van der Waals surface area contributed by atoms with Crippen molar-refractivity contribution in [3.63, 3.8) is 0 Å². The van der Waals surface area contributed by atoms with E-state index in [-0.39, 0.29) is 24.5 Å². The van der Waals surface area contributed by atoms with Crippen LogP contribution in [0.25, 0.3) is 47.8 Å². The van der Waals surface area contributed by atoms with E-state index in [0.717, 1.165) is 54.4 Å². The van der Waals surface area contributed by atoms with Crippen LogP contribution < -0.4 is 0 Å². The normalized spacial score (nSPS) is 21.8. The first-order chi connectivity index (χ1) is 36.1. The molecule has 0 aliphatic heterocycles. The summed E-state index contributed by atoms with van der Waals surface area (Å²) < 4.78 is 53.4. The number of thiazole rings is 2. The fourth-order valence-corrected chi connectivity index (χ4v) is 13.3. The van der Waals surface area contributed by atoms with Gasteiger partial charge in [-0.2, -0.15) is 0 Å². The Hall–Kier alpha value is -5.10. The fourth-order valence-electron chi connectivity index (χ4n) is 9.93. The van der Waals surface area contributed by atoms with Crippen molar-refractivity contribution in [3.8, 4) is 22.5 Å². The molecular weight excluding hydrogens is 1090 g/mol. The number of aromatic carboxylic acids is 1. The van der Waals surface area contributed by atoms with Gasteiger partial charge in [-0.1, -0.05) is 68.8 Å². The molecule has 3 N–H and O–H groups in total. The monoisotopic (exact) mass is 1130 g/mol. The number of carbonyl (C=O) groups is 1. The zero-order chi connectivity index (χ0) is 52.3. The Bertz CT molecular complexity index is 3500. The third kappa shape index (κ3) is 10.6. The van der Waals surface area contributed by atoms with Crippen LogP contribution in [0, 0.1) is 18.2 Å². The summed E-state index contributed by atoms with van der Waals surface area (Å²) in [6.45, 7) is 7.72. The zero-order valence-electron chi connectivity index (χ0n) is 39.7. The highest BCUT2D eigenvalue weighted by atomic mass is 35.5. The Labute approximate surface area is 456 Å². The Morgan fingerprint density at radius 2 is 1.08 bits per heavy atom. The number of nitrogens with zero attached hydrogens (tertiary/aromatic N) is 5. The van der Waals surface area contributed by atoms with Crippen molar-refractivity contribution < 1.29 is 47.4 Å². The Morgan fingerprint density at radius 1 is 0.667 bits per heavy atom. The van der Waals surface area contributed by atoms with E-state index < -0.39 is 34.4 Å². The Kier molecular flexibility index (Phi) is 14.6. The number of halogens is 6. The maximum atomic E-state index is 14.1. The lowest BCUT2D eigenvalue weighted by Crippen LogP contribution is -2.34. The highest BCUT2D eigenvalue weighted by Gasteiger charge is 2.41. The number of aliphatic hydroxyl groups is 2. The highest BCUT2D eigenvalue weighted by Crippen LogP contribution is 2.49. The second-order valence-electron chi connectivity index (χ2n) is 19.6. The summed E-state index contributed by atoms with van der Waals surface area (Å²) in [6, 6.07) is 15.8. The number of aromatic nitrogens is 4. The topological polar surface area (TPSA) is 178 Å². The second-order valence-corrected chi connectivity index (χ2v) is 23.3. The first-order valence-corrected chi connectivity index (χ1v) is 27.6. The maximum Gasteiger partial charge on any atom is 0.338 e. The molecule has 4 aliphatic carbocycles. The van der Waals surface area contributed by atoms with Gasteiger partial charge in [-0.3, -0.25) is 0 Å². The lowest BCUT2D eigenvalue weighted by atomic mass is 9.83. The van der Waals surface area contributed by atoms with Crippen LogP contribution in [0.5, 0.6) is 0 Å². The van der Waals surface area contributed by atoms with E-state index in [0.29, 0.717) is 143 Å². The Morgan fingerprint density at radius 3 is 1.48 bits per heavy atom. The number of carboxylic acids is 1. The lowest BCUT2D eigenvalue weighted by molar-refractivity contribution is -0.0641. The summed E-state index contributed by atoms with van der Waals surface area (Å²) in [5.41, 5.74) is 2.27. The SMILES string of the molecule is O=C(O)c1cc2sc(C3(O)CCC(OCc4c(-c5c(Cl)cccc5Cl)noc4C4CC4)CC3)nc2cc1F.[C-]#[N+]c1cc2sc(C3(O)CCC(OCc4c(-c5c(Cl)cccc5Cl)noc4C4CC4)CC3)nc2cc1F. The molecule has 0 spiro atoms. The maximum absolute atomic E-state index is 14.1. The van der Waals surface area contributed by atoms with E-state index in [1.165, 1.54) is 40.9 Å². The number of benzene rings is 4. The third-order valence-corrected chi connectivity index (χ3v) is 18.1. The molecule has 0 bridgehead atoms. The first-order valence-electron chi connectivity index (χ1n) is 24.4. The van der Waals surface area contributed by atoms with Gasteiger partial charge in [0.1, 0.15) is 55.8 Å². The molecule has 4 aromatic carbocycles. The molecule has 4 saturated carbocycles. The van der Waals surface area contributed by atoms with Gasteiger partial charge in [0.05, 0.1) is 73.4 Å². The predicted octanol–water partition coefficient (Wildman–Crippen LogP) is 15.5. The molecule has 0 radical (unpaired) electrons. The molecule has 0 atom stereocenters. The minimum atomic E-state index is -1.34. The molecule has 4 fully saturated rings. The second kappa shape index (κ2) is 21.0. The fraction of sp³-hybridized carbons (Fsp3) is 0.370. The number of hydrogen-bond donors (Lipinski definition) is 3. The summed E-state index contributed by atoms with van der Waals surface area (Å²) in [5.74, 6) is -0.483. The first kappa shape index (κ1) is 52.0. The van der Waals surface area contributed by atoms with Gasteiger partial charge in [0.25, 0.3) is 0 Å². The number of rotatable bonds is 13. The van der Waals surface area contributed by atoms with Gasteiger partial charge in [-0.05, 0) is 120 Å². The van der Waals surface area contributed by atoms with Crippen LogP contribution in [0.1, 0.15) is 132 Å². The lowest BCUT2D eigenvalue weighted by Gasteiger charge is -2.34. The van der Waals surface area contributed by atoms with Crippen molar-refractivity contribution in [2.75, 3.05) is 0 Å². The predicted molar refractivity (Wildman–Crippen MR) is 282 cm³/mol. The summed E-state index contributed by atoms with van der Waals surface area (Å²) in [6.07, 6.45) is 8.24. The highest BCUT2D eigenvalue weighted by molar-refractivity contribution is 7.19. The van der Waals surface area contributed by atoms with Crippen LogP contribution in [0.4, 0.5) is 14.5 Å². The van der Waals surface area contributed by atoms with Crippen molar-refractivity contribution in [3.05, 3.63) is 142 Å². The largest absolute Gasteiger partial charge is 0.478 e. The molecule has 0 unspecified atom stereocenters. The number of carboxylic acid groups (broad SMARTS) is 1. The molecule has 12 rings (SSSR count). The summed E-state index contributed by atoms with van der Waals surface area (Å²) in [7, 11) is 0. The van der Waals surface area contributed by atoms with Crippen molar-refractivity contribution in [2.45, 2.75) is 126 Å². The molecule has 8 aromatic rings. The third-order valence-electron chi connectivity index (χ3n) is 14.5. The van der Waals surface area contributed by atoms with Gasteiger partial charge in [0.15, 0.2) is 0 Å². The molecule has 4 aliphatic rings. The van der Waals surface area contributed by atoms with Crippen LogP contribution >= 0.6 is 69.1 Å². The molecule has 4 aromatic heterocycles. The molecule has 21 heteroatoms. The molecule has 4 heterocycles. The van der Waals surface area contributed by atoms with E-state index in [1.807, 2.05) is 0 Å². The van der Waals surface area contributed by atoms with Crippen LogP contribution in [-0.2, 0) is 33.9 Å². The minimum Gasteiger partial charge on any atom is -0.478 e. The van der Waals surface area contributed by atoms with Crippen LogP contribution in [0.15, 0.2) is 69.7 Å². The average Bonchev–Trinajstić information content (AvgIpc) is 4.25. The Balaban J connectivity index is 0.000000161. The molecule has 0 saturated heterocycles. The van der Waals surface area contributed by atoms with Gasteiger partial charge < -0.3 is 33.8 Å². The molecule has 75 heavy (non-hydrogen) atoms. The van der Waals surface area contributed by atoms with Crippen LogP contribution in [-0.4, -0.2) is 53.8 Å². The van der Waals surface area contributed by atoms with Gasteiger partial charge in [-0.15, -0.1) is 22.7 Å². The van der Waals surface area contributed by atoms with E-state index >= 15 is 0 Å². The van der Waals surface area contributed by atoms with Crippen LogP contribution in [0.3, 0.4) is 0 Å². The van der Waals surface area contributed by atoms with E-state index in [9.17, 15) is 28.9 Å². The number of ether oxygens (including phenoxy) is 2. The number of hydrogen-bond acceptors (Lipinski definition) is 13.